The van der Waals surface area contributed by atoms with Crippen molar-refractivity contribution in [3.8, 4) is 5.75 Å². The number of anilines is 3. The quantitative estimate of drug-likeness (QED) is 0.700. The average Bonchev–Trinajstić information content (AvgIpc) is 2.79. The minimum absolute atomic E-state index is 0.515. The van der Waals surface area contributed by atoms with Crippen LogP contribution in [-0.4, -0.2) is 53.5 Å². The molecule has 0 aliphatic carbocycles. The first kappa shape index (κ1) is 18.0. The standard InChI is InChI=1S/C20H23N7O/c1-28-18-7-5-17(6-8-18)26-10-12-27(13-11-26)19-15-23-25-20(24-19)22-14-16-4-2-3-9-21-16/h2-9,15H,10-14H2,1H3,(H,22,24,25). The van der Waals surface area contributed by atoms with Gasteiger partial charge >= 0.3 is 0 Å². The maximum absolute atomic E-state index is 5.23. The molecule has 3 aromatic rings. The zero-order chi connectivity index (χ0) is 19.2. The fourth-order valence-electron chi connectivity index (χ4n) is 3.18. The van der Waals surface area contributed by atoms with Crippen LogP contribution in [0.2, 0.25) is 0 Å². The number of hydrogen-bond acceptors (Lipinski definition) is 8. The molecule has 28 heavy (non-hydrogen) atoms. The van der Waals surface area contributed by atoms with Crippen molar-refractivity contribution >= 4 is 17.5 Å². The molecule has 144 valence electrons. The second kappa shape index (κ2) is 8.51. The number of benzene rings is 1. The van der Waals surface area contributed by atoms with Crippen molar-refractivity contribution < 1.29 is 4.74 Å². The Hall–Kier alpha value is -3.42. The predicted octanol–water partition coefficient (Wildman–Crippen LogP) is 2.21. The van der Waals surface area contributed by atoms with Gasteiger partial charge in [-0.15, -0.1) is 5.10 Å². The highest BCUT2D eigenvalue weighted by Gasteiger charge is 2.19. The SMILES string of the molecule is COc1ccc(N2CCN(c3cnnc(NCc4ccccn4)n3)CC2)cc1. The van der Waals surface area contributed by atoms with E-state index in [0.717, 1.165) is 43.4 Å². The van der Waals surface area contributed by atoms with Crippen LogP contribution < -0.4 is 19.9 Å². The summed E-state index contributed by atoms with van der Waals surface area (Å²) in [4.78, 5) is 13.5. The first-order valence-corrected chi connectivity index (χ1v) is 9.29. The van der Waals surface area contributed by atoms with Crippen molar-refractivity contribution in [1.82, 2.24) is 20.2 Å². The number of rotatable bonds is 6. The first-order chi connectivity index (χ1) is 13.8. The van der Waals surface area contributed by atoms with Gasteiger partial charge in [-0.2, -0.15) is 10.1 Å². The van der Waals surface area contributed by atoms with Gasteiger partial charge in [-0.05, 0) is 36.4 Å². The lowest BCUT2D eigenvalue weighted by atomic mass is 10.2. The molecular weight excluding hydrogens is 354 g/mol. The van der Waals surface area contributed by atoms with Gasteiger partial charge in [-0.25, -0.2) is 0 Å². The Morgan fingerprint density at radius 3 is 2.50 bits per heavy atom. The van der Waals surface area contributed by atoms with Crippen LogP contribution in [0.4, 0.5) is 17.5 Å². The van der Waals surface area contributed by atoms with Crippen LogP contribution in [0.5, 0.6) is 5.75 Å². The van der Waals surface area contributed by atoms with E-state index < -0.39 is 0 Å². The molecule has 1 saturated heterocycles. The molecule has 0 saturated carbocycles. The molecule has 8 heteroatoms. The number of methoxy groups -OCH3 is 1. The second-order valence-corrected chi connectivity index (χ2v) is 6.48. The number of nitrogens with one attached hydrogen (secondary N) is 1. The molecular formula is C20H23N7O. The monoisotopic (exact) mass is 377 g/mol. The summed E-state index contributed by atoms with van der Waals surface area (Å²) in [5.74, 6) is 2.23. The predicted molar refractivity (Wildman–Crippen MR) is 109 cm³/mol. The van der Waals surface area contributed by atoms with E-state index in [0.29, 0.717) is 12.5 Å². The normalized spacial score (nSPS) is 14.0. The van der Waals surface area contributed by atoms with Gasteiger partial charge < -0.3 is 19.9 Å². The van der Waals surface area contributed by atoms with Crippen LogP contribution in [-0.2, 0) is 6.54 Å². The second-order valence-electron chi connectivity index (χ2n) is 6.48. The summed E-state index contributed by atoms with van der Waals surface area (Å²) in [6, 6.07) is 14.0. The summed E-state index contributed by atoms with van der Waals surface area (Å²) in [5, 5.41) is 11.4. The van der Waals surface area contributed by atoms with Crippen LogP contribution in [0.1, 0.15) is 5.69 Å². The van der Waals surface area contributed by atoms with Gasteiger partial charge in [0.15, 0.2) is 5.82 Å². The van der Waals surface area contributed by atoms with Gasteiger partial charge in [0.1, 0.15) is 5.75 Å². The number of nitrogens with zero attached hydrogens (tertiary/aromatic N) is 6. The molecule has 0 bridgehead atoms. The largest absolute Gasteiger partial charge is 0.497 e. The zero-order valence-corrected chi connectivity index (χ0v) is 15.8. The third-order valence-electron chi connectivity index (χ3n) is 4.74. The molecule has 0 radical (unpaired) electrons. The van der Waals surface area contributed by atoms with E-state index in [2.05, 4.69) is 47.4 Å². The lowest BCUT2D eigenvalue weighted by Gasteiger charge is -2.36. The number of hydrogen-bond donors (Lipinski definition) is 1. The van der Waals surface area contributed by atoms with Crippen molar-refractivity contribution in [3.05, 3.63) is 60.6 Å². The van der Waals surface area contributed by atoms with E-state index in [1.165, 1.54) is 5.69 Å². The van der Waals surface area contributed by atoms with Gasteiger partial charge in [-0.1, -0.05) is 6.07 Å². The summed E-state index contributed by atoms with van der Waals surface area (Å²) in [6.07, 6.45) is 3.49. The molecule has 4 rings (SSSR count). The third kappa shape index (κ3) is 4.28. The molecule has 3 heterocycles. The molecule has 1 aliphatic rings. The van der Waals surface area contributed by atoms with Gasteiger partial charge in [0.05, 0.1) is 25.5 Å². The average molecular weight is 377 g/mol. The number of aromatic nitrogens is 4. The fourth-order valence-corrected chi connectivity index (χ4v) is 3.18. The molecule has 1 aliphatic heterocycles. The molecule has 1 N–H and O–H groups in total. The molecule has 0 atom stereocenters. The van der Waals surface area contributed by atoms with Crippen molar-refractivity contribution in [2.24, 2.45) is 0 Å². The topological polar surface area (TPSA) is 79.3 Å². The Kier molecular flexibility index (Phi) is 5.46. The van der Waals surface area contributed by atoms with Gasteiger partial charge in [-0.3, -0.25) is 4.98 Å². The van der Waals surface area contributed by atoms with E-state index in [1.54, 1.807) is 19.5 Å². The minimum Gasteiger partial charge on any atom is -0.497 e. The molecule has 0 amide bonds. The third-order valence-corrected chi connectivity index (χ3v) is 4.74. The van der Waals surface area contributed by atoms with Crippen molar-refractivity contribution in [1.29, 1.82) is 0 Å². The molecule has 2 aromatic heterocycles. The number of piperazine rings is 1. The highest BCUT2D eigenvalue weighted by Crippen LogP contribution is 2.22. The maximum Gasteiger partial charge on any atom is 0.245 e. The highest BCUT2D eigenvalue weighted by atomic mass is 16.5. The summed E-state index contributed by atoms with van der Waals surface area (Å²) >= 11 is 0. The first-order valence-electron chi connectivity index (χ1n) is 9.29. The Labute approximate surface area is 164 Å². The van der Waals surface area contributed by atoms with Crippen molar-refractivity contribution in [2.45, 2.75) is 6.54 Å². The Morgan fingerprint density at radius 1 is 1.00 bits per heavy atom. The molecule has 0 unspecified atom stereocenters. The van der Waals surface area contributed by atoms with Crippen LogP contribution in [0.3, 0.4) is 0 Å². The van der Waals surface area contributed by atoms with Gasteiger partial charge in [0, 0.05) is 38.1 Å². The van der Waals surface area contributed by atoms with E-state index in [1.807, 2.05) is 30.3 Å². The highest BCUT2D eigenvalue weighted by molar-refractivity contribution is 5.51. The number of pyridine rings is 1. The van der Waals surface area contributed by atoms with Crippen LogP contribution in [0.25, 0.3) is 0 Å². The van der Waals surface area contributed by atoms with E-state index >= 15 is 0 Å². The van der Waals surface area contributed by atoms with Gasteiger partial charge in [0.25, 0.3) is 0 Å². The Bertz CT molecular complexity index is 881. The molecule has 8 nitrogen and oxygen atoms in total. The molecule has 1 aromatic carbocycles. The number of ether oxygens (including phenoxy) is 1. The minimum atomic E-state index is 0.515. The lowest BCUT2D eigenvalue weighted by Crippen LogP contribution is -2.46. The van der Waals surface area contributed by atoms with Gasteiger partial charge in [0.2, 0.25) is 5.95 Å². The van der Waals surface area contributed by atoms with Crippen LogP contribution in [0, 0.1) is 0 Å². The summed E-state index contributed by atoms with van der Waals surface area (Å²) in [7, 11) is 1.68. The fraction of sp³-hybridized carbons (Fsp3) is 0.300. The summed E-state index contributed by atoms with van der Waals surface area (Å²) in [6.45, 7) is 4.17. The molecule has 0 spiro atoms. The Balaban J connectivity index is 1.35. The maximum atomic E-state index is 5.23. The van der Waals surface area contributed by atoms with Crippen LogP contribution >= 0.6 is 0 Å². The lowest BCUT2D eigenvalue weighted by molar-refractivity contribution is 0.415. The summed E-state index contributed by atoms with van der Waals surface area (Å²) in [5.41, 5.74) is 2.14. The van der Waals surface area contributed by atoms with E-state index in [9.17, 15) is 0 Å². The van der Waals surface area contributed by atoms with Crippen molar-refractivity contribution in [3.63, 3.8) is 0 Å². The van der Waals surface area contributed by atoms with Crippen molar-refractivity contribution in [2.75, 3.05) is 48.4 Å². The molecule has 1 fully saturated rings. The van der Waals surface area contributed by atoms with E-state index in [-0.39, 0.29) is 0 Å². The Morgan fingerprint density at radius 2 is 1.79 bits per heavy atom. The smallest absolute Gasteiger partial charge is 0.245 e. The zero-order valence-electron chi connectivity index (χ0n) is 15.8. The van der Waals surface area contributed by atoms with Crippen LogP contribution in [0.15, 0.2) is 54.9 Å². The van der Waals surface area contributed by atoms with E-state index in [4.69, 9.17) is 4.74 Å². The summed E-state index contributed by atoms with van der Waals surface area (Å²) < 4.78 is 5.23.